The number of aromatic nitrogens is 4. The summed E-state index contributed by atoms with van der Waals surface area (Å²) in [6.45, 7) is 2.53. The molecule has 0 saturated heterocycles. The van der Waals surface area contributed by atoms with Gasteiger partial charge in [-0.05, 0) is 66.6 Å². The van der Waals surface area contributed by atoms with Crippen LogP contribution in [0, 0.1) is 6.92 Å². The predicted molar refractivity (Wildman–Crippen MR) is 149 cm³/mol. The number of methoxy groups -OCH3 is 1. The van der Waals surface area contributed by atoms with Crippen molar-refractivity contribution in [3.8, 4) is 22.8 Å². The van der Waals surface area contributed by atoms with Crippen LogP contribution in [-0.2, 0) is 12.3 Å². The molecule has 0 spiro atoms. The highest BCUT2D eigenvalue weighted by Gasteiger charge is 2.17. The first-order valence-corrected chi connectivity index (χ1v) is 13.1. The SMILES string of the molecule is COc1cccc(-c2nnc(SCc3ccc(C(=O)NCc4ccncc4)cc3)n2-c2ccc(C)cc2)c1. The Kier molecular flexibility index (Phi) is 7.80. The molecule has 1 N–H and O–H groups in total. The zero-order valence-electron chi connectivity index (χ0n) is 21.2. The summed E-state index contributed by atoms with van der Waals surface area (Å²) in [6, 6.07) is 27.6. The molecule has 0 aliphatic heterocycles. The summed E-state index contributed by atoms with van der Waals surface area (Å²) < 4.78 is 7.49. The second kappa shape index (κ2) is 11.7. The predicted octanol–water partition coefficient (Wildman–Crippen LogP) is 5.87. The first-order chi connectivity index (χ1) is 18.6. The number of hydrogen-bond acceptors (Lipinski definition) is 6. The third-order valence-electron chi connectivity index (χ3n) is 6.04. The Morgan fingerprint density at radius 1 is 0.921 bits per heavy atom. The Morgan fingerprint density at radius 3 is 2.42 bits per heavy atom. The number of benzene rings is 3. The molecule has 0 fully saturated rings. The molecule has 1 amide bonds. The lowest BCUT2D eigenvalue weighted by atomic mass is 10.1. The van der Waals surface area contributed by atoms with Gasteiger partial charge < -0.3 is 10.1 Å². The topological polar surface area (TPSA) is 81.9 Å². The van der Waals surface area contributed by atoms with Crippen molar-refractivity contribution in [2.75, 3.05) is 7.11 Å². The van der Waals surface area contributed by atoms with Crippen molar-refractivity contribution in [1.29, 1.82) is 0 Å². The van der Waals surface area contributed by atoms with Gasteiger partial charge in [0.25, 0.3) is 5.91 Å². The molecule has 0 aliphatic rings. The molecule has 2 heterocycles. The van der Waals surface area contributed by atoms with Gasteiger partial charge in [-0.1, -0.05) is 53.7 Å². The van der Waals surface area contributed by atoms with Crippen molar-refractivity contribution in [3.63, 3.8) is 0 Å². The maximum absolute atomic E-state index is 12.6. The first-order valence-electron chi connectivity index (χ1n) is 12.2. The van der Waals surface area contributed by atoms with Crippen LogP contribution in [0.2, 0.25) is 0 Å². The van der Waals surface area contributed by atoms with Gasteiger partial charge >= 0.3 is 0 Å². The molecule has 5 rings (SSSR count). The van der Waals surface area contributed by atoms with Crippen LogP contribution in [0.1, 0.15) is 27.0 Å². The Bertz CT molecular complexity index is 1520. The number of ether oxygens (including phenoxy) is 1. The number of aryl methyl sites for hydroxylation is 1. The van der Waals surface area contributed by atoms with E-state index in [1.165, 1.54) is 5.56 Å². The van der Waals surface area contributed by atoms with Crippen LogP contribution in [-0.4, -0.2) is 32.8 Å². The highest BCUT2D eigenvalue weighted by molar-refractivity contribution is 7.98. The molecule has 0 atom stereocenters. The van der Waals surface area contributed by atoms with E-state index < -0.39 is 0 Å². The standard InChI is InChI=1S/C30H27N5O2S/c1-21-6-12-26(13-7-21)35-28(25-4-3-5-27(18-25)37-2)33-34-30(35)38-20-23-8-10-24(11-9-23)29(36)32-19-22-14-16-31-17-15-22/h3-18H,19-20H2,1-2H3,(H,32,36). The normalized spacial score (nSPS) is 10.8. The largest absolute Gasteiger partial charge is 0.497 e. The Hall–Kier alpha value is -4.43. The number of hydrogen-bond donors (Lipinski definition) is 1. The number of amides is 1. The molecule has 0 radical (unpaired) electrons. The lowest BCUT2D eigenvalue weighted by Crippen LogP contribution is -2.22. The summed E-state index contributed by atoms with van der Waals surface area (Å²) in [7, 11) is 1.65. The summed E-state index contributed by atoms with van der Waals surface area (Å²) in [6.07, 6.45) is 3.43. The van der Waals surface area contributed by atoms with Crippen molar-refractivity contribution >= 4 is 17.7 Å². The smallest absolute Gasteiger partial charge is 0.251 e. The van der Waals surface area contributed by atoms with Gasteiger partial charge in [0.2, 0.25) is 0 Å². The fourth-order valence-corrected chi connectivity index (χ4v) is 4.83. The van der Waals surface area contributed by atoms with Gasteiger partial charge in [-0.25, -0.2) is 0 Å². The van der Waals surface area contributed by atoms with Crippen LogP contribution in [0.25, 0.3) is 17.1 Å². The average Bonchev–Trinajstić information content (AvgIpc) is 3.40. The summed E-state index contributed by atoms with van der Waals surface area (Å²) in [5, 5.41) is 12.8. The van der Waals surface area contributed by atoms with E-state index in [1.54, 1.807) is 31.3 Å². The summed E-state index contributed by atoms with van der Waals surface area (Å²) in [5.41, 5.74) is 5.81. The molecule has 190 valence electrons. The fraction of sp³-hybridized carbons (Fsp3) is 0.133. The molecule has 0 unspecified atom stereocenters. The van der Waals surface area contributed by atoms with Gasteiger partial charge in [-0.2, -0.15) is 0 Å². The van der Waals surface area contributed by atoms with Crippen LogP contribution in [0.3, 0.4) is 0 Å². The maximum Gasteiger partial charge on any atom is 0.251 e. The lowest BCUT2D eigenvalue weighted by Gasteiger charge is -2.11. The van der Waals surface area contributed by atoms with Gasteiger partial charge in [-0.3, -0.25) is 14.3 Å². The van der Waals surface area contributed by atoms with Gasteiger partial charge in [0.15, 0.2) is 11.0 Å². The maximum atomic E-state index is 12.6. The van der Waals surface area contributed by atoms with E-state index in [1.807, 2.05) is 60.7 Å². The Morgan fingerprint density at radius 2 is 1.68 bits per heavy atom. The molecule has 8 heteroatoms. The van der Waals surface area contributed by atoms with Crippen molar-refractivity contribution < 1.29 is 9.53 Å². The second-order valence-electron chi connectivity index (χ2n) is 8.73. The van der Waals surface area contributed by atoms with Crippen LogP contribution in [0.15, 0.2) is 102 Å². The van der Waals surface area contributed by atoms with E-state index in [0.717, 1.165) is 39.1 Å². The lowest BCUT2D eigenvalue weighted by molar-refractivity contribution is 0.0951. The minimum absolute atomic E-state index is 0.108. The third kappa shape index (κ3) is 5.92. The van der Waals surface area contributed by atoms with Gasteiger partial charge in [0.05, 0.1) is 7.11 Å². The van der Waals surface area contributed by atoms with Crippen molar-refractivity contribution in [1.82, 2.24) is 25.1 Å². The minimum atomic E-state index is -0.108. The molecule has 2 aromatic heterocycles. The van der Waals surface area contributed by atoms with Crippen molar-refractivity contribution in [3.05, 3.63) is 120 Å². The molecule has 3 aromatic carbocycles. The van der Waals surface area contributed by atoms with E-state index in [-0.39, 0.29) is 5.91 Å². The zero-order chi connectivity index (χ0) is 26.3. The number of thioether (sulfide) groups is 1. The number of pyridine rings is 1. The minimum Gasteiger partial charge on any atom is -0.497 e. The number of rotatable bonds is 9. The van der Waals surface area contributed by atoms with Gasteiger partial charge in [0, 0.05) is 41.5 Å². The van der Waals surface area contributed by atoms with Gasteiger partial charge in [0.1, 0.15) is 5.75 Å². The molecule has 38 heavy (non-hydrogen) atoms. The number of carbonyl (C=O) groups excluding carboxylic acids is 1. The number of nitrogens with one attached hydrogen (secondary N) is 1. The van der Waals surface area contributed by atoms with E-state index in [4.69, 9.17) is 4.74 Å². The molecule has 7 nitrogen and oxygen atoms in total. The first kappa shape index (κ1) is 25.2. The van der Waals surface area contributed by atoms with E-state index in [0.29, 0.717) is 17.9 Å². The molecule has 0 bridgehead atoms. The van der Waals surface area contributed by atoms with E-state index in [9.17, 15) is 4.79 Å². The fourth-order valence-electron chi connectivity index (χ4n) is 3.92. The number of nitrogens with zero attached hydrogens (tertiary/aromatic N) is 4. The molecule has 5 aromatic rings. The van der Waals surface area contributed by atoms with Crippen LogP contribution < -0.4 is 10.1 Å². The van der Waals surface area contributed by atoms with E-state index in [2.05, 4.69) is 56.3 Å². The molecular formula is C30H27N5O2S. The van der Waals surface area contributed by atoms with Crippen LogP contribution in [0.5, 0.6) is 5.75 Å². The van der Waals surface area contributed by atoms with Crippen LogP contribution >= 0.6 is 11.8 Å². The third-order valence-corrected chi connectivity index (χ3v) is 7.04. The molecule has 0 aliphatic carbocycles. The van der Waals surface area contributed by atoms with E-state index >= 15 is 0 Å². The monoisotopic (exact) mass is 521 g/mol. The highest BCUT2D eigenvalue weighted by atomic mass is 32.2. The second-order valence-corrected chi connectivity index (χ2v) is 9.68. The van der Waals surface area contributed by atoms with Crippen LogP contribution in [0.4, 0.5) is 0 Å². The summed E-state index contributed by atoms with van der Waals surface area (Å²) in [5.74, 6) is 2.08. The van der Waals surface area contributed by atoms with Gasteiger partial charge in [-0.15, -0.1) is 10.2 Å². The number of carbonyl (C=O) groups is 1. The quantitative estimate of drug-likeness (QED) is 0.244. The average molecular weight is 522 g/mol. The highest BCUT2D eigenvalue weighted by Crippen LogP contribution is 2.31. The van der Waals surface area contributed by atoms with Crippen molar-refractivity contribution in [2.24, 2.45) is 0 Å². The summed E-state index contributed by atoms with van der Waals surface area (Å²) >= 11 is 1.60. The molecular weight excluding hydrogens is 494 g/mol. The summed E-state index contributed by atoms with van der Waals surface area (Å²) in [4.78, 5) is 16.6. The van der Waals surface area contributed by atoms with Crippen molar-refractivity contribution in [2.45, 2.75) is 24.4 Å². The zero-order valence-corrected chi connectivity index (χ0v) is 22.0. The Balaban J connectivity index is 1.32. The molecule has 0 saturated carbocycles. The Labute approximate surface area is 225 Å².